The molecule has 0 aliphatic heterocycles. The van der Waals surface area contributed by atoms with Gasteiger partial charge in [0.1, 0.15) is 18.0 Å². The van der Waals surface area contributed by atoms with Gasteiger partial charge in [-0.05, 0) is 42.2 Å². The van der Waals surface area contributed by atoms with Crippen molar-refractivity contribution in [3.63, 3.8) is 0 Å². The minimum atomic E-state index is -2.06. The van der Waals surface area contributed by atoms with Crippen LogP contribution in [0.2, 0.25) is 18.1 Å². The summed E-state index contributed by atoms with van der Waals surface area (Å²) in [6, 6.07) is 7.83. The summed E-state index contributed by atoms with van der Waals surface area (Å²) in [5, 5.41) is 10.8. The minimum Gasteiger partial charge on any atom is -0.497 e. The molecule has 0 saturated carbocycles. The van der Waals surface area contributed by atoms with Crippen molar-refractivity contribution in [3.8, 4) is 5.75 Å². The molecular formula is C22H34O4Si. The highest BCUT2D eigenvalue weighted by molar-refractivity contribution is 6.74. The van der Waals surface area contributed by atoms with Gasteiger partial charge in [-0.1, -0.05) is 57.2 Å². The molecule has 0 unspecified atom stereocenters. The van der Waals surface area contributed by atoms with E-state index in [2.05, 4.69) is 39.9 Å². The summed E-state index contributed by atoms with van der Waals surface area (Å²) in [6.45, 7) is 11.5. The van der Waals surface area contributed by atoms with Crippen LogP contribution in [0.5, 0.6) is 5.75 Å². The van der Waals surface area contributed by atoms with E-state index in [1.807, 2.05) is 42.5 Å². The van der Waals surface area contributed by atoms with Crippen LogP contribution in [-0.4, -0.2) is 38.8 Å². The Morgan fingerprint density at radius 2 is 1.70 bits per heavy atom. The summed E-state index contributed by atoms with van der Waals surface area (Å²) in [5.41, 5.74) is 1.06. The van der Waals surface area contributed by atoms with Crippen molar-refractivity contribution in [2.24, 2.45) is 0 Å². The number of allylic oxidation sites excluding steroid dienone is 2. The number of aliphatic hydroxyl groups is 1. The molecule has 1 aromatic rings. The third kappa shape index (κ3) is 6.04. The number of rotatable bonds is 6. The van der Waals surface area contributed by atoms with Gasteiger partial charge in [0.2, 0.25) is 0 Å². The first kappa shape index (κ1) is 21.9. The largest absolute Gasteiger partial charge is 0.497 e. The van der Waals surface area contributed by atoms with Crippen molar-refractivity contribution in [3.05, 3.63) is 54.1 Å². The SMILES string of the molecule is COc1ccc(CO[C@H]2/C=C\C/C=C\[C@@H](O)[C@H]2O[Si](C)(C)C(C)(C)C)cc1. The van der Waals surface area contributed by atoms with E-state index < -0.39 is 20.5 Å². The summed E-state index contributed by atoms with van der Waals surface area (Å²) >= 11 is 0. The Morgan fingerprint density at radius 1 is 1.07 bits per heavy atom. The van der Waals surface area contributed by atoms with Crippen LogP contribution >= 0.6 is 0 Å². The van der Waals surface area contributed by atoms with Crippen LogP contribution in [0, 0.1) is 0 Å². The zero-order valence-electron chi connectivity index (χ0n) is 17.4. The number of ether oxygens (including phenoxy) is 2. The van der Waals surface area contributed by atoms with Crippen molar-refractivity contribution in [1.82, 2.24) is 0 Å². The zero-order chi connectivity index (χ0) is 20.1. The van der Waals surface area contributed by atoms with Crippen LogP contribution in [0.3, 0.4) is 0 Å². The second-order valence-corrected chi connectivity index (χ2v) is 13.3. The Morgan fingerprint density at radius 3 is 2.30 bits per heavy atom. The molecule has 5 heteroatoms. The van der Waals surface area contributed by atoms with Gasteiger partial charge in [0.05, 0.1) is 19.8 Å². The molecule has 0 spiro atoms. The topological polar surface area (TPSA) is 47.9 Å². The number of benzene rings is 1. The maximum absolute atomic E-state index is 10.7. The normalized spacial score (nSPS) is 26.1. The highest BCUT2D eigenvalue weighted by atomic mass is 28.4. The third-order valence-corrected chi connectivity index (χ3v) is 9.90. The molecule has 0 saturated heterocycles. The van der Waals surface area contributed by atoms with E-state index in [9.17, 15) is 5.11 Å². The van der Waals surface area contributed by atoms with Crippen molar-refractivity contribution >= 4 is 8.32 Å². The van der Waals surface area contributed by atoms with E-state index in [4.69, 9.17) is 13.9 Å². The molecule has 1 aliphatic carbocycles. The van der Waals surface area contributed by atoms with Gasteiger partial charge in [-0.3, -0.25) is 0 Å². The van der Waals surface area contributed by atoms with E-state index in [-0.39, 0.29) is 11.1 Å². The highest BCUT2D eigenvalue weighted by Gasteiger charge is 2.42. The summed E-state index contributed by atoms with van der Waals surface area (Å²) in [7, 11) is -0.404. The minimum absolute atomic E-state index is 0.0586. The van der Waals surface area contributed by atoms with Crippen molar-refractivity contribution < 1.29 is 19.0 Å². The summed E-state index contributed by atoms with van der Waals surface area (Å²) < 4.78 is 18.0. The van der Waals surface area contributed by atoms with Crippen molar-refractivity contribution in [2.75, 3.05) is 7.11 Å². The lowest BCUT2D eigenvalue weighted by Crippen LogP contribution is -2.51. The first-order valence-electron chi connectivity index (χ1n) is 9.58. The fraction of sp³-hybridized carbons (Fsp3) is 0.545. The van der Waals surface area contributed by atoms with Gasteiger partial charge in [-0.25, -0.2) is 0 Å². The van der Waals surface area contributed by atoms with E-state index in [1.54, 1.807) is 7.11 Å². The highest BCUT2D eigenvalue weighted by Crippen LogP contribution is 2.38. The molecule has 0 aromatic heterocycles. The maximum Gasteiger partial charge on any atom is 0.192 e. The predicted molar refractivity (Wildman–Crippen MR) is 113 cm³/mol. The Hall–Kier alpha value is -1.40. The van der Waals surface area contributed by atoms with Crippen LogP contribution in [0.25, 0.3) is 0 Å². The lowest BCUT2D eigenvalue weighted by atomic mass is 10.0. The molecule has 0 bridgehead atoms. The second kappa shape index (κ2) is 9.19. The van der Waals surface area contributed by atoms with Crippen LogP contribution in [0.1, 0.15) is 32.8 Å². The quantitative estimate of drug-likeness (QED) is 0.557. The zero-order valence-corrected chi connectivity index (χ0v) is 18.4. The number of methoxy groups -OCH3 is 1. The Kier molecular flexibility index (Phi) is 7.45. The lowest BCUT2D eigenvalue weighted by Gasteiger charge is -2.42. The standard InChI is InChI=1S/C22H34O4Si/c1-22(2,3)27(5,6)26-21-19(23)10-8-7-9-11-20(21)25-16-17-12-14-18(24-4)15-13-17/h8-15,19-21,23H,7,16H2,1-6H3/b10-8-,11-9-/t19-,20+,21-/m1/s1. The first-order valence-corrected chi connectivity index (χ1v) is 12.5. The van der Waals surface area contributed by atoms with Crippen molar-refractivity contribution in [2.45, 2.75) is 70.2 Å². The fourth-order valence-corrected chi connectivity index (χ4v) is 3.95. The van der Waals surface area contributed by atoms with Gasteiger partial charge in [0.25, 0.3) is 0 Å². The Labute approximate surface area is 165 Å². The van der Waals surface area contributed by atoms with Gasteiger partial charge in [-0.15, -0.1) is 0 Å². The van der Waals surface area contributed by atoms with Crippen LogP contribution < -0.4 is 4.74 Å². The Bertz CT molecular complexity index is 643. The summed E-state index contributed by atoms with van der Waals surface area (Å²) in [6.07, 6.45) is 7.26. The molecule has 2 rings (SSSR count). The monoisotopic (exact) mass is 390 g/mol. The predicted octanol–water partition coefficient (Wildman–Crippen LogP) is 4.85. The molecule has 27 heavy (non-hydrogen) atoms. The van der Waals surface area contributed by atoms with E-state index >= 15 is 0 Å². The molecule has 1 aromatic carbocycles. The third-order valence-electron chi connectivity index (χ3n) is 5.43. The smallest absolute Gasteiger partial charge is 0.192 e. The number of hydrogen-bond donors (Lipinski definition) is 1. The van der Waals surface area contributed by atoms with Gasteiger partial charge in [0, 0.05) is 0 Å². The van der Waals surface area contributed by atoms with E-state index in [0.29, 0.717) is 6.61 Å². The Balaban J connectivity index is 2.16. The van der Waals surface area contributed by atoms with Gasteiger partial charge in [-0.2, -0.15) is 0 Å². The average molecular weight is 391 g/mol. The van der Waals surface area contributed by atoms with Crippen molar-refractivity contribution in [1.29, 1.82) is 0 Å². The molecule has 150 valence electrons. The fourth-order valence-electron chi connectivity index (χ4n) is 2.64. The van der Waals surface area contributed by atoms with Gasteiger partial charge in [0.15, 0.2) is 8.32 Å². The summed E-state index contributed by atoms with van der Waals surface area (Å²) in [5.74, 6) is 0.823. The molecule has 0 radical (unpaired) electrons. The van der Waals surface area contributed by atoms with Crippen LogP contribution in [-0.2, 0) is 15.8 Å². The van der Waals surface area contributed by atoms with Crippen LogP contribution in [0.15, 0.2) is 48.6 Å². The molecule has 0 fully saturated rings. The van der Waals surface area contributed by atoms with E-state index in [1.165, 1.54) is 0 Å². The molecule has 0 amide bonds. The number of aliphatic hydroxyl groups excluding tert-OH is 1. The molecular weight excluding hydrogens is 356 g/mol. The van der Waals surface area contributed by atoms with Gasteiger partial charge < -0.3 is 19.0 Å². The molecule has 1 N–H and O–H groups in total. The lowest BCUT2D eigenvalue weighted by molar-refractivity contribution is -0.0548. The van der Waals surface area contributed by atoms with E-state index in [0.717, 1.165) is 17.7 Å². The summed E-state index contributed by atoms with van der Waals surface area (Å²) in [4.78, 5) is 0. The molecule has 4 nitrogen and oxygen atoms in total. The average Bonchev–Trinajstić information content (AvgIpc) is 2.60. The van der Waals surface area contributed by atoms with Crippen LogP contribution in [0.4, 0.5) is 0 Å². The molecule has 3 atom stereocenters. The van der Waals surface area contributed by atoms with Gasteiger partial charge >= 0.3 is 0 Å². The number of hydrogen-bond acceptors (Lipinski definition) is 4. The maximum atomic E-state index is 10.7. The molecule has 1 aliphatic rings. The molecule has 0 heterocycles. The first-order chi connectivity index (χ1) is 12.6. The second-order valence-electron chi connectivity index (χ2n) is 8.55.